The van der Waals surface area contributed by atoms with Gasteiger partial charge in [-0.15, -0.1) is 23.2 Å². The third-order valence-corrected chi connectivity index (χ3v) is 4.75. The molecule has 0 aliphatic heterocycles. The van der Waals surface area contributed by atoms with E-state index >= 15 is 0 Å². The summed E-state index contributed by atoms with van der Waals surface area (Å²) in [5.74, 6) is -0.480. The molecule has 2 aromatic carbocycles. The molecule has 0 N–H and O–H groups in total. The normalized spacial score (nSPS) is 11.7. The molecule has 0 bridgehead atoms. The van der Waals surface area contributed by atoms with Crippen molar-refractivity contribution in [2.75, 3.05) is 11.8 Å². The molecule has 0 atom stereocenters. The van der Waals surface area contributed by atoms with Gasteiger partial charge in [-0.3, -0.25) is 0 Å². The molecule has 0 saturated heterocycles. The molecular formula is C16H13Cl3F2. The molecular weight excluding hydrogens is 337 g/mol. The summed E-state index contributed by atoms with van der Waals surface area (Å²) >= 11 is 17.9. The Morgan fingerprint density at radius 1 is 0.952 bits per heavy atom. The minimum absolute atomic E-state index is 0.155. The van der Waals surface area contributed by atoms with E-state index in [0.717, 1.165) is 0 Å². The topological polar surface area (TPSA) is 0 Å². The van der Waals surface area contributed by atoms with Crippen LogP contribution in [0.5, 0.6) is 0 Å². The van der Waals surface area contributed by atoms with Crippen LogP contribution in [0.1, 0.15) is 11.1 Å². The van der Waals surface area contributed by atoms with Crippen LogP contribution in [0.3, 0.4) is 0 Å². The maximum atomic E-state index is 14.0. The highest BCUT2D eigenvalue weighted by molar-refractivity contribution is 6.30. The Hall–Kier alpha value is -0.830. The summed E-state index contributed by atoms with van der Waals surface area (Å²) in [6.07, 6.45) is 0.270. The number of benzene rings is 2. The highest BCUT2D eigenvalue weighted by Crippen LogP contribution is 2.33. The first-order valence-corrected chi connectivity index (χ1v) is 7.77. The summed E-state index contributed by atoms with van der Waals surface area (Å²) in [4.78, 5) is 0. The molecule has 0 aliphatic rings. The van der Waals surface area contributed by atoms with Gasteiger partial charge >= 0.3 is 0 Å². The second-order valence-electron chi connectivity index (χ2n) is 4.97. The average molecular weight is 350 g/mol. The molecule has 0 heterocycles. The van der Waals surface area contributed by atoms with E-state index in [0.29, 0.717) is 16.1 Å². The average Bonchev–Trinajstić information content (AvgIpc) is 2.47. The van der Waals surface area contributed by atoms with Crippen LogP contribution >= 0.6 is 34.8 Å². The van der Waals surface area contributed by atoms with E-state index in [1.165, 1.54) is 18.2 Å². The predicted octanol–water partition coefficient (Wildman–Crippen LogP) is 5.58. The highest BCUT2D eigenvalue weighted by Gasteiger charge is 2.32. The van der Waals surface area contributed by atoms with Gasteiger partial charge in [0.05, 0.1) is 0 Å². The Balaban J connectivity index is 2.43. The summed E-state index contributed by atoms with van der Waals surface area (Å²) in [6.45, 7) is 0. The summed E-state index contributed by atoms with van der Waals surface area (Å²) in [7, 11) is 0. The zero-order valence-corrected chi connectivity index (χ0v) is 13.3. The molecule has 0 amide bonds. The van der Waals surface area contributed by atoms with Crippen molar-refractivity contribution in [3.8, 4) is 0 Å². The molecule has 0 fully saturated rings. The van der Waals surface area contributed by atoms with Crippen LogP contribution < -0.4 is 0 Å². The predicted molar refractivity (Wildman–Crippen MR) is 84.6 cm³/mol. The van der Waals surface area contributed by atoms with Crippen LogP contribution in [-0.2, 0) is 11.8 Å². The Bertz CT molecular complexity index is 625. The van der Waals surface area contributed by atoms with Crippen LogP contribution in [0.2, 0.25) is 5.02 Å². The van der Waals surface area contributed by atoms with Crippen LogP contribution in [0.15, 0.2) is 42.5 Å². The van der Waals surface area contributed by atoms with Crippen molar-refractivity contribution in [2.24, 2.45) is 0 Å². The maximum absolute atomic E-state index is 14.0. The van der Waals surface area contributed by atoms with Crippen LogP contribution in [0.25, 0.3) is 0 Å². The van der Waals surface area contributed by atoms with E-state index in [2.05, 4.69) is 0 Å². The lowest BCUT2D eigenvalue weighted by Crippen LogP contribution is -2.33. The van der Waals surface area contributed by atoms with Gasteiger partial charge in [0.25, 0.3) is 0 Å². The molecule has 0 aromatic heterocycles. The van der Waals surface area contributed by atoms with Gasteiger partial charge in [0.15, 0.2) is 0 Å². The second-order valence-corrected chi connectivity index (χ2v) is 5.94. The van der Waals surface area contributed by atoms with Gasteiger partial charge in [-0.2, -0.15) is 0 Å². The highest BCUT2D eigenvalue weighted by atomic mass is 35.5. The molecule has 0 aliphatic carbocycles. The second kappa shape index (κ2) is 6.95. The Kier molecular flexibility index (Phi) is 5.48. The van der Waals surface area contributed by atoms with Gasteiger partial charge in [0, 0.05) is 22.2 Å². The lowest BCUT2D eigenvalue weighted by molar-refractivity contribution is 0.507. The molecule has 2 aromatic rings. The van der Waals surface area contributed by atoms with E-state index in [4.69, 9.17) is 34.8 Å². The van der Waals surface area contributed by atoms with Crippen molar-refractivity contribution in [3.63, 3.8) is 0 Å². The van der Waals surface area contributed by atoms with Gasteiger partial charge in [-0.05, 0) is 41.8 Å². The smallest absolute Gasteiger partial charge is 0.127 e. The van der Waals surface area contributed by atoms with Gasteiger partial charge in [-0.25, -0.2) is 8.78 Å². The molecule has 0 nitrogen and oxygen atoms in total. The number of halogens is 5. The first-order chi connectivity index (χ1) is 10.0. The minimum atomic E-state index is -0.736. The maximum Gasteiger partial charge on any atom is 0.127 e. The zero-order valence-electron chi connectivity index (χ0n) is 11.1. The zero-order chi connectivity index (χ0) is 15.5. The quantitative estimate of drug-likeness (QED) is 0.618. The van der Waals surface area contributed by atoms with E-state index in [1.807, 2.05) is 0 Å². The molecule has 0 radical (unpaired) electrons. The van der Waals surface area contributed by atoms with Gasteiger partial charge in [0.2, 0.25) is 0 Å². The lowest BCUT2D eigenvalue weighted by Gasteiger charge is -2.30. The number of hydrogen-bond donors (Lipinski definition) is 0. The molecule has 0 spiro atoms. The van der Waals surface area contributed by atoms with Crippen LogP contribution in [0.4, 0.5) is 8.78 Å². The summed E-state index contributed by atoms with van der Waals surface area (Å²) in [5.41, 5.74) is 0.367. The number of hydrogen-bond acceptors (Lipinski definition) is 0. The van der Waals surface area contributed by atoms with Crippen molar-refractivity contribution in [1.29, 1.82) is 0 Å². The Morgan fingerprint density at radius 2 is 1.67 bits per heavy atom. The van der Waals surface area contributed by atoms with Gasteiger partial charge in [-0.1, -0.05) is 29.8 Å². The van der Waals surface area contributed by atoms with Crippen molar-refractivity contribution in [3.05, 3.63) is 70.2 Å². The Morgan fingerprint density at radius 3 is 2.24 bits per heavy atom. The monoisotopic (exact) mass is 348 g/mol. The van der Waals surface area contributed by atoms with E-state index in [1.54, 1.807) is 24.3 Å². The van der Waals surface area contributed by atoms with Gasteiger partial charge < -0.3 is 0 Å². The fraction of sp³-hybridized carbons (Fsp3) is 0.250. The molecule has 2 rings (SSSR count). The van der Waals surface area contributed by atoms with Crippen molar-refractivity contribution < 1.29 is 8.78 Å². The van der Waals surface area contributed by atoms with Crippen molar-refractivity contribution >= 4 is 34.8 Å². The number of alkyl halides is 2. The minimum Gasteiger partial charge on any atom is -0.207 e. The fourth-order valence-corrected chi connectivity index (χ4v) is 3.18. The van der Waals surface area contributed by atoms with Gasteiger partial charge in [0.1, 0.15) is 11.6 Å². The van der Waals surface area contributed by atoms with E-state index in [9.17, 15) is 8.78 Å². The molecule has 0 saturated carbocycles. The summed E-state index contributed by atoms with van der Waals surface area (Å²) in [5, 5.41) is 0.323. The van der Waals surface area contributed by atoms with Crippen molar-refractivity contribution in [2.45, 2.75) is 11.8 Å². The third kappa shape index (κ3) is 3.68. The molecule has 112 valence electrons. The molecule has 5 heteroatoms. The first-order valence-electron chi connectivity index (χ1n) is 6.33. The van der Waals surface area contributed by atoms with E-state index < -0.39 is 11.2 Å². The standard InChI is InChI=1S/C16H13Cl3F2/c17-9-16(10-18,12-2-1-3-14(20)6-12)8-11-4-5-13(19)7-15(11)21/h1-7H,8-10H2. The third-order valence-electron chi connectivity index (χ3n) is 3.49. The molecule has 21 heavy (non-hydrogen) atoms. The van der Waals surface area contributed by atoms with Crippen LogP contribution in [0, 0.1) is 11.6 Å². The first kappa shape index (κ1) is 16.5. The summed E-state index contributed by atoms with van der Waals surface area (Å²) < 4.78 is 27.5. The summed E-state index contributed by atoms with van der Waals surface area (Å²) in [6, 6.07) is 10.5. The fourth-order valence-electron chi connectivity index (χ4n) is 2.23. The van der Waals surface area contributed by atoms with E-state index in [-0.39, 0.29) is 24.0 Å². The van der Waals surface area contributed by atoms with Crippen molar-refractivity contribution in [1.82, 2.24) is 0 Å². The largest absolute Gasteiger partial charge is 0.207 e. The Labute approximate surface area is 137 Å². The lowest BCUT2D eigenvalue weighted by atomic mass is 9.78. The molecule has 0 unspecified atom stereocenters. The van der Waals surface area contributed by atoms with Crippen LogP contribution in [-0.4, -0.2) is 11.8 Å². The number of rotatable bonds is 5. The SMILES string of the molecule is Fc1cccc(C(CCl)(CCl)Cc2ccc(Cl)cc2F)c1.